The smallest absolute Gasteiger partial charge is 0.187 e. The van der Waals surface area contributed by atoms with E-state index >= 15 is 0 Å². The first-order valence-electron chi connectivity index (χ1n) is 29.8. The Balaban J connectivity index is 0.000000528. The van der Waals surface area contributed by atoms with E-state index in [1.54, 1.807) is 42.5 Å². The van der Waals surface area contributed by atoms with Crippen molar-refractivity contribution in [3.63, 3.8) is 0 Å². The van der Waals surface area contributed by atoms with Crippen LogP contribution >= 0.6 is 0 Å². The number of aliphatic hydroxyl groups is 21. The number of hydrogen-bond donors (Lipinski definition) is 24. The molecule has 0 aromatic heterocycles. The standard InChI is InChI=1S/C42H70O35.C14H12O3/c43-1-8-29-15(50)22(57)36(64-8)72-30-9(2-44)66-38(24(59)17(30)52)74-32-11(4-46)68-40(26(61)19(32)54)76-34-13(6-48)70-42(28(63)21(34)56)77-35-14(7-49)69-41(27(62)20(35)55)75-33-12(5-47)67-39(25(60)18(33)53)73-31-10(3-45)65-37(71-29)23(58)16(31)51;15-12-5-3-10(4-6-12)1-2-11-7-13(16)9-14(17)8-11/h8-63H,1-7H2;1-9,15-17H/b;2-1+/t8-,9-,10-,11-,12-,13-,14-,15-,16-,17-,18-,19-,20-,21-,22-,23-,24-,25-,26-,27-,28-,29-,30-,31-,32-,33-,34-,35-,36-,37-,38-,39-,40-,41-,42-;/m1./s1. The third-order valence-electron chi connectivity index (χ3n) is 17.1. The van der Waals surface area contributed by atoms with Gasteiger partial charge in [0.1, 0.15) is 188 Å². The maximum atomic E-state index is 11.3. The Morgan fingerprint density at radius 2 is 0.404 bits per heavy atom. The predicted molar refractivity (Wildman–Crippen MR) is 295 cm³/mol. The number of phenols is 3. The SMILES string of the molecule is OC[C@H]1O[C@@H]2O[C@H]3[C@H](O)[C@@H](O)[C@@H](O[C@H]4[C@H](O)[C@@H](O)[C@@H](O[C@H]5[C@H](O)[C@@H](O)[C@@H](O[C@H]6[C@H](O)[C@@H](O)[C@@H](O[C@H]7[C@H](O)[C@@H](O)[C@@H](O[C@H]8[C@H](O)[C@@H](O)[C@@H](O[C@H]1[C@H](O)[C@H]2O)O[C@@H]8CO)O[C@@H]7CO)O[C@@H]6CO)O[C@@H]5CO)O[C@@H]4CO)O[C@@H]3CO.Oc1ccc(/C=C/c2cc(O)cc(O)c2)cc1. The zero-order valence-electron chi connectivity index (χ0n) is 49.3. The Morgan fingerprint density at radius 3 is 0.585 bits per heavy atom. The van der Waals surface area contributed by atoms with E-state index in [9.17, 15) is 117 Å². The van der Waals surface area contributed by atoms with Crippen LogP contribution in [0.1, 0.15) is 11.1 Å². The van der Waals surface area contributed by atoms with Gasteiger partial charge in [-0.15, -0.1) is 0 Å². The molecular weight excluding hydrogens is 1280 g/mol. The topological polar surface area (TPSA) is 615 Å². The molecule has 0 unspecified atom stereocenters. The van der Waals surface area contributed by atoms with Gasteiger partial charge < -0.3 is 189 Å². The molecule has 21 fully saturated rings. The summed E-state index contributed by atoms with van der Waals surface area (Å²) < 4.78 is 79.5. The van der Waals surface area contributed by atoms with Crippen LogP contribution in [0.2, 0.25) is 0 Å². The highest BCUT2D eigenvalue weighted by Crippen LogP contribution is 2.39. The molecular formula is C56H82O38. The molecule has 0 amide bonds. The van der Waals surface area contributed by atoms with Gasteiger partial charge in [0.15, 0.2) is 44.0 Å². The minimum Gasteiger partial charge on any atom is -0.508 e. The minimum atomic E-state index is -2.21. The fourth-order valence-electron chi connectivity index (χ4n) is 11.9. The first-order chi connectivity index (χ1) is 44.8. The van der Waals surface area contributed by atoms with Gasteiger partial charge in [-0.1, -0.05) is 24.3 Å². The third-order valence-corrected chi connectivity index (χ3v) is 17.1. The summed E-state index contributed by atoms with van der Waals surface area (Å²) in [5, 5.41) is 258. The van der Waals surface area contributed by atoms with Crippen molar-refractivity contribution in [3.05, 3.63) is 53.6 Å². The lowest BCUT2D eigenvalue weighted by Gasteiger charge is -2.50. The zero-order chi connectivity index (χ0) is 68.3. The summed E-state index contributed by atoms with van der Waals surface area (Å²) in [6.07, 6.45) is -66.6. The van der Waals surface area contributed by atoms with Crippen molar-refractivity contribution >= 4 is 12.2 Å². The molecule has 23 rings (SSSR count). The van der Waals surface area contributed by atoms with Crippen molar-refractivity contribution in [2.45, 2.75) is 215 Å². The van der Waals surface area contributed by atoms with Crippen LogP contribution in [0, 0.1) is 0 Å². The highest BCUT2D eigenvalue weighted by molar-refractivity contribution is 5.71. The Bertz CT molecular complexity index is 2300. The van der Waals surface area contributed by atoms with Crippen LogP contribution in [0.4, 0.5) is 0 Å². The second kappa shape index (κ2) is 32.5. The number of aliphatic hydroxyl groups excluding tert-OH is 21. The minimum absolute atomic E-state index is 0.0235. The molecule has 24 N–H and O–H groups in total. The zero-order valence-corrected chi connectivity index (χ0v) is 49.3. The van der Waals surface area contributed by atoms with Gasteiger partial charge in [-0.3, -0.25) is 0 Å². The molecule has 21 heterocycles. The molecule has 2 aromatic rings. The Hall–Kier alpha value is -3.82. The van der Waals surface area contributed by atoms with Crippen molar-refractivity contribution in [1.82, 2.24) is 0 Å². The van der Waals surface area contributed by atoms with E-state index in [1.165, 1.54) is 6.07 Å². The summed E-state index contributed by atoms with van der Waals surface area (Å²) >= 11 is 0. The molecule has 0 saturated carbocycles. The lowest BCUT2D eigenvalue weighted by molar-refractivity contribution is -0.396. The van der Waals surface area contributed by atoms with Gasteiger partial charge in [-0.25, -0.2) is 0 Å². The summed E-state index contributed by atoms with van der Waals surface area (Å²) in [5.74, 6) is 0.267. The fraction of sp³-hybridized carbons (Fsp3) is 0.750. The molecule has 35 atom stereocenters. The van der Waals surface area contributed by atoms with Gasteiger partial charge in [0.2, 0.25) is 0 Å². The second-order valence-electron chi connectivity index (χ2n) is 23.4. The average molecular weight is 1360 g/mol. The lowest BCUT2D eigenvalue weighted by atomic mass is 9.95. The number of ether oxygens (including phenoxy) is 14. The number of phenolic OH excluding ortho intramolecular Hbond substituents is 3. The van der Waals surface area contributed by atoms with Crippen molar-refractivity contribution in [2.75, 3.05) is 46.2 Å². The van der Waals surface area contributed by atoms with Gasteiger partial charge in [-0.05, 0) is 35.4 Å². The molecule has 0 spiro atoms. The fourth-order valence-corrected chi connectivity index (χ4v) is 11.9. The summed E-state index contributed by atoms with van der Waals surface area (Å²) in [6, 6.07) is 11.1. The van der Waals surface area contributed by atoms with Crippen LogP contribution in [0.25, 0.3) is 12.2 Å². The van der Waals surface area contributed by atoms with E-state index in [0.717, 1.165) is 5.56 Å². The predicted octanol–water partition coefficient (Wildman–Crippen LogP) is -12.3. The van der Waals surface area contributed by atoms with Crippen LogP contribution in [0.3, 0.4) is 0 Å². The molecule has 14 bridgehead atoms. The first kappa shape index (κ1) is 74.4. The lowest BCUT2D eigenvalue weighted by Crippen LogP contribution is -2.68. The van der Waals surface area contributed by atoms with Crippen molar-refractivity contribution in [3.8, 4) is 17.2 Å². The van der Waals surface area contributed by atoms with E-state index in [2.05, 4.69) is 0 Å². The third kappa shape index (κ3) is 15.9. The van der Waals surface area contributed by atoms with Gasteiger partial charge in [-0.2, -0.15) is 0 Å². The van der Waals surface area contributed by atoms with E-state index in [-0.39, 0.29) is 17.2 Å². The second-order valence-corrected chi connectivity index (χ2v) is 23.4. The number of aromatic hydroxyl groups is 3. The molecule has 21 aliphatic rings. The first-order valence-corrected chi connectivity index (χ1v) is 29.8. The quantitative estimate of drug-likeness (QED) is 0.104. The average Bonchev–Trinajstić information content (AvgIpc) is 0.784. The van der Waals surface area contributed by atoms with Crippen molar-refractivity contribution < 1.29 is 189 Å². The molecule has 21 saturated heterocycles. The molecule has 38 heteroatoms. The Labute approximate surface area is 531 Å². The maximum absolute atomic E-state index is 11.3. The van der Waals surface area contributed by atoms with Crippen LogP contribution in [-0.4, -0.2) is 384 Å². The normalized spacial score (nSPS) is 47.3. The van der Waals surface area contributed by atoms with Crippen molar-refractivity contribution in [2.24, 2.45) is 0 Å². The molecule has 94 heavy (non-hydrogen) atoms. The highest BCUT2D eigenvalue weighted by Gasteiger charge is 2.59. The number of rotatable bonds is 9. The van der Waals surface area contributed by atoms with E-state index in [0.29, 0.717) is 5.56 Å². The van der Waals surface area contributed by atoms with E-state index < -0.39 is 261 Å². The van der Waals surface area contributed by atoms with Crippen molar-refractivity contribution in [1.29, 1.82) is 0 Å². The molecule has 0 aliphatic carbocycles. The summed E-state index contributed by atoms with van der Waals surface area (Å²) in [7, 11) is 0. The molecule has 2 aromatic carbocycles. The number of benzene rings is 2. The highest BCUT2D eigenvalue weighted by atomic mass is 16.8. The van der Waals surface area contributed by atoms with Crippen LogP contribution in [0.15, 0.2) is 42.5 Å². The Morgan fingerprint density at radius 1 is 0.223 bits per heavy atom. The van der Waals surface area contributed by atoms with Crippen LogP contribution in [-0.2, 0) is 66.3 Å². The largest absolute Gasteiger partial charge is 0.508 e. The Kier molecular flexibility index (Phi) is 25.7. The van der Waals surface area contributed by atoms with Gasteiger partial charge in [0.25, 0.3) is 0 Å². The maximum Gasteiger partial charge on any atom is 0.187 e. The number of hydrogen-bond acceptors (Lipinski definition) is 38. The summed E-state index contributed by atoms with van der Waals surface area (Å²) in [4.78, 5) is 0. The molecule has 38 nitrogen and oxygen atoms in total. The van der Waals surface area contributed by atoms with E-state index in [4.69, 9.17) is 71.4 Å². The summed E-state index contributed by atoms with van der Waals surface area (Å²) in [6.45, 7) is -7.33. The van der Waals surface area contributed by atoms with Gasteiger partial charge >= 0.3 is 0 Å². The molecule has 0 radical (unpaired) electrons. The van der Waals surface area contributed by atoms with Crippen LogP contribution in [0.5, 0.6) is 17.2 Å². The van der Waals surface area contributed by atoms with Crippen LogP contribution < -0.4 is 0 Å². The van der Waals surface area contributed by atoms with Gasteiger partial charge in [0.05, 0.1) is 46.2 Å². The monoisotopic (exact) mass is 1360 g/mol. The molecule has 534 valence electrons. The summed E-state index contributed by atoms with van der Waals surface area (Å²) in [5.41, 5.74) is 1.63. The molecule has 21 aliphatic heterocycles. The van der Waals surface area contributed by atoms with E-state index in [1.807, 2.05) is 6.08 Å². The van der Waals surface area contributed by atoms with Gasteiger partial charge in [0, 0.05) is 6.07 Å².